The van der Waals surface area contributed by atoms with Crippen LogP contribution in [0.5, 0.6) is 0 Å². The summed E-state index contributed by atoms with van der Waals surface area (Å²) in [6.07, 6.45) is 14.9. The number of nitrogens with one attached hydrogen (secondary N) is 1. The van der Waals surface area contributed by atoms with E-state index in [9.17, 15) is 0 Å². The van der Waals surface area contributed by atoms with Gasteiger partial charge in [0.15, 0.2) is 0 Å². The molecule has 2 atom stereocenters. The van der Waals surface area contributed by atoms with E-state index >= 15 is 0 Å². The zero-order chi connectivity index (χ0) is 14.9. The lowest BCUT2D eigenvalue weighted by molar-refractivity contribution is 0.140. The van der Waals surface area contributed by atoms with Crippen molar-refractivity contribution in [2.75, 3.05) is 13.2 Å². The molecule has 0 saturated carbocycles. The van der Waals surface area contributed by atoms with Gasteiger partial charge in [-0.05, 0) is 25.7 Å². The SMILES string of the molecule is CCCC1CCCCCCCC(CCC)C2=C1NCCO2. The van der Waals surface area contributed by atoms with Gasteiger partial charge in [-0.1, -0.05) is 58.8 Å². The van der Waals surface area contributed by atoms with E-state index in [0.717, 1.165) is 13.2 Å². The quantitative estimate of drug-likeness (QED) is 0.750. The van der Waals surface area contributed by atoms with Crippen molar-refractivity contribution >= 4 is 0 Å². The van der Waals surface area contributed by atoms with Crippen molar-refractivity contribution in [2.24, 2.45) is 11.8 Å². The van der Waals surface area contributed by atoms with Crippen LogP contribution in [0.3, 0.4) is 0 Å². The second kappa shape index (κ2) is 9.38. The normalized spacial score (nSPS) is 28.1. The summed E-state index contributed by atoms with van der Waals surface area (Å²) in [5, 5.41) is 3.74. The summed E-state index contributed by atoms with van der Waals surface area (Å²) < 4.78 is 6.21. The molecule has 0 aromatic carbocycles. The second-order valence-corrected chi connectivity index (χ2v) is 6.87. The van der Waals surface area contributed by atoms with Crippen LogP contribution < -0.4 is 5.32 Å². The Bertz CT molecular complexity index is 294. The highest BCUT2D eigenvalue weighted by atomic mass is 16.5. The summed E-state index contributed by atoms with van der Waals surface area (Å²) in [6.45, 7) is 6.49. The largest absolute Gasteiger partial charge is 0.494 e. The van der Waals surface area contributed by atoms with Gasteiger partial charge < -0.3 is 10.1 Å². The summed E-state index contributed by atoms with van der Waals surface area (Å²) in [5.41, 5.74) is 1.49. The van der Waals surface area contributed by atoms with E-state index < -0.39 is 0 Å². The number of rotatable bonds is 4. The molecule has 0 bridgehead atoms. The standard InChI is InChI=1S/C19H35NO/c1-3-10-16-12-8-6-5-7-9-13-17(11-4-2)19-18(16)20-14-15-21-19/h16-17,20H,3-15H2,1-2H3. The minimum atomic E-state index is 0.662. The third-order valence-corrected chi connectivity index (χ3v) is 5.10. The average molecular weight is 293 g/mol. The monoisotopic (exact) mass is 293 g/mol. The number of ether oxygens (including phenoxy) is 1. The van der Waals surface area contributed by atoms with Gasteiger partial charge in [0.05, 0.1) is 5.70 Å². The minimum absolute atomic E-state index is 0.662. The smallest absolute Gasteiger partial charge is 0.118 e. The Morgan fingerprint density at radius 2 is 1.52 bits per heavy atom. The summed E-state index contributed by atoms with van der Waals surface area (Å²) in [4.78, 5) is 0. The number of hydrogen-bond acceptors (Lipinski definition) is 2. The molecular formula is C19H35NO. The van der Waals surface area contributed by atoms with Gasteiger partial charge in [0.25, 0.3) is 0 Å². The van der Waals surface area contributed by atoms with Gasteiger partial charge >= 0.3 is 0 Å². The molecule has 0 saturated heterocycles. The first-order valence-electron chi connectivity index (χ1n) is 9.47. The van der Waals surface area contributed by atoms with Crippen LogP contribution in [0.2, 0.25) is 0 Å². The van der Waals surface area contributed by atoms with E-state index in [1.165, 1.54) is 82.1 Å². The molecule has 122 valence electrons. The number of allylic oxidation sites excluding steroid dienone is 2. The maximum absolute atomic E-state index is 6.21. The molecule has 0 amide bonds. The van der Waals surface area contributed by atoms with E-state index in [2.05, 4.69) is 19.2 Å². The lowest BCUT2D eigenvalue weighted by Crippen LogP contribution is -2.33. The molecule has 0 aromatic rings. The average Bonchev–Trinajstić information content (AvgIpc) is 2.54. The summed E-state index contributed by atoms with van der Waals surface area (Å²) >= 11 is 0. The fourth-order valence-corrected chi connectivity index (χ4v) is 4.04. The van der Waals surface area contributed by atoms with Gasteiger partial charge in [-0.3, -0.25) is 0 Å². The number of hydrogen-bond donors (Lipinski definition) is 1. The molecule has 2 unspecified atom stereocenters. The highest BCUT2D eigenvalue weighted by Gasteiger charge is 2.27. The highest BCUT2D eigenvalue weighted by molar-refractivity contribution is 5.16. The molecule has 2 rings (SSSR count). The molecular weight excluding hydrogens is 258 g/mol. The van der Waals surface area contributed by atoms with Crippen LogP contribution in [-0.4, -0.2) is 13.2 Å². The highest BCUT2D eigenvalue weighted by Crippen LogP contribution is 2.34. The second-order valence-electron chi connectivity index (χ2n) is 6.87. The van der Waals surface area contributed by atoms with Crippen molar-refractivity contribution in [3.8, 4) is 0 Å². The Morgan fingerprint density at radius 1 is 0.905 bits per heavy atom. The van der Waals surface area contributed by atoms with Crippen LogP contribution in [-0.2, 0) is 4.74 Å². The van der Waals surface area contributed by atoms with Gasteiger partial charge in [0.2, 0.25) is 0 Å². The molecule has 0 radical (unpaired) electrons. The van der Waals surface area contributed by atoms with Crippen LogP contribution in [0.25, 0.3) is 0 Å². The van der Waals surface area contributed by atoms with Crippen LogP contribution in [0.4, 0.5) is 0 Å². The topological polar surface area (TPSA) is 21.3 Å². The molecule has 1 heterocycles. The van der Waals surface area contributed by atoms with Crippen molar-refractivity contribution < 1.29 is 4.74 Å². The molecule has 1 aliphatic carbocycles. The first-order valence-corrected chi connectivity index (χ1v) is 9.47. The van der Waals surface area contributed by atoms with Crippen molar-refractivity contribution in [3.05, 3.63) is 11.5 Å². The predicted molar refractivity (Wildman–Crippen MR) is 90.1 cm³/mol. The summed E-state index contributed by atoms with van der Waals surface area (Å²) in [5.74, 6) is 2.72. The molecule has 1 aliphatic heterocycles. The zero-order valence-electron chi connectivity index (χ0n) is 14.3. The predicted octanol–water partition coefficient (Wildman–Crippen LogP) is 5.39. The maximum Gasteiger partial charge on any atom is 0.118 e. The van der Waals surface area contributed by atoms with Gasteiger partial charge in [-0.25, -0.2) is 0 Å². The lowest BCUT2D eigenvalue weighted by atomic mass is 9.87. The minimum Gasteiger partial charge on any atom is -0.494 e. The molecule has 1 N–H and O–H groups in total. The molecule has 0 fully saturated rings. The fraction of sp³-hybridized carbons (Fsp3) is 0.895. The van der Waals surface area contributed by atoms with E-state index in [1.54, 1.807) is 0 Å². The fourth-order valence-electron chi connectivity index (χ4n) is 4.04. The van der Waals surface area contributed by atoms with Gasteiger partial charge in [-0.15, -0.1) is 0 Å². The van der Waals surface area contributed by atoms with Crippen molar-refractivity contribution in [3.63, 3.8) is 0 Å². The third-order valence-electron chi connectivity index (χ3n) is 5.10. The molecule has 0 aromatic heterocycles. The Balaban J connectivity index is 2.23. The molecule has 2 heteroatoms. The van der Waals surface area contributed by atoms with Crippen LogP contribution >= 0.6 is 0 Å². The molecule has 2 nitrogen and oxygen atoms in total. The van der Waals surface area contributed by atoms with Crippen LogP contribution in [0.15, 0.2) is 11.5 Å². The summed E-state index contributed by atoms with van der Waals surface area (Å²) in [7, 11) is 0. The van der Waals surface area contributed by atoms with Gasteiger partial charge in [-0.2, -0.15) is 0 Å². The van der Waals surface area contributed by atoms with E-state index in [4.69, 9.17) is 4.74 Å². The van der Waals surface area contributed by atoms with E-state index in [1.807, 2.05) is 0 Å². The molecule has 2 aliphatic rings. The third kappa shape index (κ3) is 4.93. The Labute approximate surface area is 131 Å². The summed E-state index contributed by atoms with van der Waals surface area (Å²) in [6, 6.07) is 0. The van der Waals surface area contributed by atoms with Crippen molar-refractivity contribution in [1.82, 2.24) is 5.32 Å². The molecule has 0 spiro atoms. The Kier molecular flexibility index (Phi) is 7.46. The van der Waals surface area contributed by atoms with E-state index in [0.29, 0.717) is 11.8 Å². The van der Waals surface area contributed by atoms with Crippen LogP contribution in [0.1, 0.15) is 84.5 Å². The molecule has 21 heavy (non-hydrogen) atoms. The van der Waals surface area contributed by atoms with Gasteiger partial charge in [0.1, 0.15) is 12.4 Å². The van der Waals surface area contributed by atoms with Crippen LogP contribution in [0, 0.1) is 11.8 Å². The Morgan fingerprint density at radius 3 is 2.24 bits per heavy atom. The van der Waals surface area contributed by atoms with Crippen molar-refractivity contribution in [2.45, 2.75) is 84.5 Å². The first-order chi connectivity index (χ1) is 10.4. The first kappa shape index (κ1) is 16.7. The maximum atomic E-state index is 6.21. The van der Waals surface area contributed by atoms with E-state index in [-0.39, 0.29) is 0 Å². The lowest BCUT2D eigenvalue weighted by Gasteiger charge is -2.32. The van der Waals surface area contributed by atoms with Gasteiger partial charge in [0, 0.05) is 18.4 Å². The van der Waals surface area contributed by atoms with Crippen molar-refractivity contribution in [1.29, 1.82) is 0 Å². The zero-order valence-corrected chi connectivity index (χ0v) is 14.3. The Hall–Kier alpha value is -0.660.